The van der Waals surface area contributed by atoms with Gasteiger partial charge in [0.2, 0.25) is 0 Å². The largest absolute Gasteiger partial charge is 0.508 e. The summed E-state index contributed by atoms with van der Waals surface area (Å²) in [5.41, 5.74) is 0. The Balaban J connectivity index is 2.86. The molecule has 0 aromatic heterocycles. The predicted octanol–water partition coefficient (Wildman–Crippen LogP) is 3.79. The Labute approximate surface area is 137 Å². The van der Waals surface area contributed by atoms with E-state index in [-0.39, 0.29) is 0 Å². The molecule has 0 atom stereocenters. The summed E-state index contributed by atoms with van der Waals surface area (Å²) in [7, 11) is -4.71. The molecule has 0 spiro atoms. The lowest BCUT2D eigenvalue weighted by Gasteiger charge is -2.51. The van der Waals surface area contributed by atoms with E-state index in [1.54, 1.807) is 5.19 Å². The molecule has 0 bridgehead atoms. The van der Waals surface area contributed by atoms with Crippen molar-refractivity contribution in [2.24, 2.45) is 0 Å². The van der Waals surface area contributed by atoms with E-state index >= 15 is 0 Å². The number of aromatic hydroxyl groups is 1. The first-order valence-electron chi connectivity index (χ1n) is 7.96. The van der Waals surface area contributed by atoms with Crippen LogP contribution >= 0.6 is 0 Å². The lowest BCUT2D eigenvalue weighted by molar-refractivity contribution is 0.475. The highest BCUT2D eigenvalue weighted by Gasteiger charge is 2.56. The molecule has 1 N–H and O–H groups in total. The van der Waals surface area contributed by atoms with Crippen LogP contribution in [0.1, 0.15) is 0 Å². The van der Waals surface area contributed by atoms with E-state index in [9.17, 15) is 5.11 Å². The molecule has 0 aliphatic rings. The van der Waals surface area contributed by atoms with Crippen LogP contribution in [-0.2, 0) is 0 Å². The molecule has 0 aliphatic carbocycles. The molecule has 1 nitrogen and oxygen atoms in total. The Morgan fingerprint density at radius 2 is 1.00 bits per heavy atom. The normalized spacial score (nSPS) is 13.2. The van der Waals surface area contributed by atoms with Crippen LogP contribution < -0.4 is 10.4 Å². The highest BCUT2D eigenvalue weighted by molar-refractivity contribution is 7.76. The average Bonchev–Trinajstić information content (AvgIpc) is 2.39. The monoisotopic (exact) mass is 344 g/mol. The maximum atomic E-state index is 9.74. The maximum Gasteiger partial charge on any atom is 0.115 e. The average molecular weight is 345 g/mol. The van der Waals surface area contributed by atoms with Crippen molar-refractivity contribution in [3.8, 4) is 5.75 Å². The molecular weight excluding hydrogens is 316 g/mol. The number of phenols is 1. The molecule has 0 aliphatic heterocycles. The molecule has 0 saturated carbocycles. The van der Waals surface area contributed by atoms with E-state index in [0.717, 1.165) is 0 Å². The van der Waals surface area contributed by atoms with Crippen molar-refractivity contribution in [2.45, 2.75) is 39.3 Å². The first-order chi connectivity index (χ1) is 10.1. The quantitative estimate of drug-likeness (QED) is 0.837. The molecule has 2 aromatic rings. The summed E-state index contributed by atoms with van der Waals surface area (Å²) < 4.78 is 0. The van der Waals surface area contributed by atoms with Gasteiger partial charge in [-0.25, -0.2) is 0 Å². The van der Waals surface area contributed by atoms with Crippen molar-refractivity contribution in [3.63, 3.8) is 0 Å². The zero-order valence-electron chi connectivity index (χ0n) is 14.6. The molecule has 0 heterocycles. The Bertz CT molecular complexity index is 608. The topological polar surface area (TPSA) is 20.2 Å². The van der Waals surface area contributed by atoms with Gasteiger partial charge in [-0.05, 0) is 12.1 Å². The second-order valence-electron chi connectivity index (χ2n) is 8.16. The van der Waals surface area contributed by atoms with Crippen molar-refractivity contribution < 1.29 is 5.11 Å². The SMILES string of the molecule is C[Si](C)(C)[Si](c1ccccc1)(c1ccc(O)cc1)[Si](C)(C)C. The van der Waals surface area contributed by atoms with Gasteiger partial charge < -0.3 is 5.11 Å². The maximum absolute atomic E-state index is 9.74. The molecular formula is C18H28OSi3. The third kappa shape index (κ3) is 2.75. The fourth-order valence-electron chi connectivity index (χ4n) is 4.42. The van der Waals surface area contributed by atoms with E-state index in [0.29, 0.717) is 5.75 Å². The van der Waals surface area contributed by atoms with Crippen LogP contribution in [0.25, 0.3) is 0 Å². The molecule has 0 radical (unpaired) electrons. The summed E-state index contributed by atoms with van der Waals surface area (Å²) in [5, 5.41) is 12.8. The van der Waals surface area contributed by atoms with Crippen LogP contribution in [0.2, 0.25) is 39.3 Å². The van der Waals surface area contributed by atoms with Crippen LogP contribution in [0.15, 0.2) is 54.6 Å². The van der Waals surface area contributed by atoms with E-state index < -0.39 is 22.3 Å². The molecule has 2 aromatic carbocycles. The molecule has 22 heavy (non-hydrogen) atoms. The summed E-state index contributed by atoms with van der Waals surface area (Å²) in [5.74, 6) is 0.367. The van der Waals surface area contributed by atoms with E-state index in [1.165, 1.54) is 5.19 Å². The predicted molar refractivity (Wildman–Crippen MR) is 106 cm³/mol. The Morgan fingerprint density at radius 3 is 1.41 bits per heavy atom. The summed E-state index contributed by atoms with van der Waals surface area (Å²) in [6.07, 6.45) is 0. The minimum absolute atomic E-state index is 0.367. The van der Waals surface area contributed by atoms with Crippen LogP contribution in [0.4, 0.5) is 0 Å². The van der Waals surface area contributed by atoms with Gasteiger partial charge in [-0.1, -0.05) is 92.1 Å². The second-order valence-corrected chi connectivity index (χ2v) is 34.8. The number of hydrogen-bond donors (Lipinski definition) is 1. The molecule has 0 fully saturated rings. The van der Waals surface area contributed by atoms with Crippen molar-refractivity contribution in [3.05, 3.63) is 54.6 Å². The zero-order valence-corrected chi connectivity index (χ0v) is 17.6. The van der Waals surface area contributed by atoms with Crippen LogP contribution in [0.5, 0.6) is 5.75 Å². The third-order valence-corrected chi connectivity index (χ3v) is 42.1. The lowest BCUT2D eigenvalue weighted by Crippen LogP contribution is -2.84. The van der Waals surface area contributed by atoms with Crippen molar-refractivity contribution in [1.29, 1.82) is 0 Å². The van der Waals surface area contributed by atoms with Crippen LogP contribution in [0.3, 0.4) is 0 Å². The summed E-state index contributed by atoms with van der Waals surface area (Å²) >= 11 is 0. The van der Waals surface area contributed by atoms with Crippen LogP contribution in [0, 0.1) is 0 Å². The summed E-state index contributed by atoms with van der Waals surface area (Å²) in [6, 6.07) is 19.4. The molecule has 0 saturated heterocycles. The van der Waals surface area contributed by atoms with Gasteiger partial charge in [0, 0.05) is 15.2 Å². The Hall–Kier alpha value is -1.11. The highest BCUT2D eigenvalue weighted by Crippen LogP contribution is 2.29. The molecule has 4 heteroatoms. The summed E-state index contributed by atoms with van der Waals surface area (Å²) in [6.45, 7) is 15.2. The molecule has 118 valence electrons. The number of benzene rings is 2. The van der Waals surface area contributed by atoms with Gasteiger partial charge in [0.15, 0.2) is 0 Å². The standard InChI is InChI=1S/C18H28OSi3/c1-20(2,3)22(21(4,5)6,17-10-8-7-9-11-17)18-14-12-16(19)13-15-18/h7-15,19H,1-6H3. The molecule has 0 unspecified atom stereocenters. The third-order valence-electron chi connectivity index (χ3n) is 4.76. The highest BCUT2D eigenvalue weighted by atomic mass is 29.6. The van der Waals surface area contributed by atoms with Gasteiger partial charge in [-0.15, -0.1) is 0 Å². The second kappa shape index (κ2) is 5.83. The van der Waals surface area contributed by atoms with Gasteiger partial charge in [0.1, 0.15) is 12.9 Å². The fraction of sp³-hybridized carbons (Fsp3) is 0.333. The van der Waals surface area contributed by atoms with Crippen molar-refractivity contribution in [2.75, 3.05) is 0 Å². The fourth-order valence-corrected chi connectivity index (χ4v) is 51.2. The van der Waals surface area contributed by atoms with Gasteiger partial charge in [-0.2, -0.15) is 0 Å². The van der Waals surface area contributed by atoms with Gasteiger partial charge in [0.05, 0.1) is 0 Å². The van der Waals surface area contributed by atoms with Gasteiger partial charge in [-0.3, -0.25) is 0 Å². The zero-order chi connectivity index (χ0) is 16.6. The first kappa shape index (κ1) is 17.2. The van der Waals surface area contributed by atoms with Crippen molar-refractivity contribution in [1.82, 2.24) is 0 Å². The van der Waals surface area contributed by atoms with E-state index in [4.69, 9.17) is 0 Å². The summed E-state index contributed by atoms with van der Waals surface area (Å²) in [4.78, 5) is 0. The minimum Gasteiger partial charge on any atom is -0.508 e. The number of phenolic OH excluding ortho intramolecular Hbond substituents is 1. The van der Waals surface area contributed by atoms with E-state index in [2.05, 4.69) is 81.7 Å². The van der Waals surface area contributed by atoms with Crippen molar-refractivity contribution >= 4 is 32.7 Å². The Morgan fingerprint density at radius 1 is 0.591 bits per heavy atom. The Kier molecular flexibility index (Phi) is 4.57. The first-order valence-corrected chi connectivity index (χ1v) is 19.0. The number of rotatable bonds is 4. The lowest BCUT2D eigenvalue weighted by atomic mass is 10.3. The minimum atomic E-state index is -1.81. The number of hydrogen-bond acceptors (Lipinski definition) is 1. The molecule has 0 amide bonds. The van der Waals surface area contributed by atoms with E-state index in [1.807, 2.05) is 12.1 Å². The molecule has 2 rings (SSSR count). The van der Waals surface area contributed by atoms with Crippen LogP contribution in [-0.4, -0.2) is 27.4 Å². The van der Waals surface area contributed by atoms with Gasteiger partial charge >= 0.3 is 0 Å². The van der Waals surface area contributed by atoms with Gasteiger partial charge in [0.25, 0.3) is 0 Å². The smallest absolute Gasteiger partial charge is 0.115 e.